The fourth-order valence-corrected chi connectivity index (χ4v) is 21.5. The van der Waals surface area contributed by atoms with Crippen molar-refractivity contribution in [1.29, 1.82) is 0 Å². The van der Waals surface area contributed by atoms with Gasteiger partial charge in [0.2, 0.25) is 0 Å². The largest absolute Gasteiger partial charge is 0.508 e. The molecule has 11 unspecified atom stereocenters. The summed E-state index contributed by atoms with van der Waals surface area (Å²) in [5, 5.41) is 10.7. The maximum atomic E-state index is 15.5. The van der Waals surface area contributed by atoms with Crippen molar-refractivity contribution in [2.45, 2.75) is 147 Å². The Kier molecular flexibility index (Phi) is 34.7. The highest BCUT2D eigenvalue weighted by Crippen LogP contribution is 2.61. The Balaban J connectivity index is 0.872. The van der Waals surface area contributed by atoms with Gasteiger partial charge in [-0.15, -0.1) is 12.8 Å². The number of carbonyl (C=O) groups is 13. The van der Waals surface area contributed by atoms with Crippen molar-refractivity contribution in [3.8, 4) is 64.9 Å². The molecule has 5 aliphatic rings. The molecule has 0 aromatic heterocycles. The number of Topliss-reactive ketones (excluding diaryl/α,β-unsaturated/α-hetero) is 1. The molecule has 6 aromatic carbocycles. The molecule has 0 radical (unpaired) electrons. The van der Waals surface area contributed by atoms with E-state index in [0.717, 1.165) is 29.5 Å². The summed E-state index contributed by atoms with van der Waals surface area (Å²) >= 11 is 7.05. The van der Waals surface area contributed by atoms with Gasteiger partial charge in [-0.1, -0.05) is 106 Å². The second kappa shape index (κ2) is 44.3. The lowest BCUT2D eigenvalue weighted by Gasteiger charge is -2.42. The van der Waals surface area contributed by atoms with Crippen LogP contribution in [0.15, 0.2) is 133 Å². The molecule has 38 nitrogen and oxygen atoms in total. The minimum Gasteiger partial charge on any atom is -0.508 e. The topological polar surface area (TPSA) is 477 Å². The van der Waals surface area contributed by atoms with Crippen LogP contribution in [0.3, 0.4) is 0 Å². The van der Waals surface area contributed by atoms with Gasteiger partial charge >= 0.3 is 75.3 Å². The molecule has 11 rings (SSSR count). The predicted octanol–water partition coefficient (Wildman–Crippen LogP) is 13.5. The van der Waals surface area contributed by atoms with Crippen molar-refractivity contribution in [2.24, 2.45) is 32.5 Å². The number of quaternary nitrogens is 2. The lowest BCUT2D eigenvalue weighted by atomic mass is 9.63. The van der Waals surface area contributed by atoms with E-state index in [1.54, 1.807) is 72.8 Å². The maximum absolute atomic E-state index is 15.5. The predicted molar refractivity (Wildman–Crippen MR) is 527 cm³/mol. The van der Waals surface area contributed by atoms with Gasteiger partial charge in [-0.3, -0.25) is 70.9 Å². The van der Waals surface area contributed by atoms with Crippen LogP contribution in [0.25, 0.3) is 0 Å². The first kappa shape index (κ1) is 114. The Hall–Kier alpha value is -11.8. The van der Waals surface area contributed by atoms with Gasteiger partial charge in [0.05, 0.1) is 100 Å². The number of alkyl halides is 2. The van der Waals surface area contributed by atoms with Gasteiger partial charge in [-0.25, -0.2) is 23.5 Å². The molecule has 42 heteroatoms. The number of phosphoric ester groups is 2. The summed E-state index contributed by atoms with van der Waals surface area (Å²) in [7, 11) is 1.24. The summed E-state index contributed by atoms with van der Waals surface area (Å²) in [5.41, 5.74) is -14.2. The number of imide groups is 1. The lowest BCUT2D eigenvalue weighted by molar-refractivity contribution is -0.870. The third kappa shape index (κ3) is 26.4. The van der Waals surface area contributed by atoms with Crippen LogP contribution < -0.4 is 18.9 Å². The van der Waals surface area contributed by atoms with Crippen LogP contribution in [0.4, 0.5) is 0 Å². The SMILES string of the molecule is C#CCOC(=O)C(C)(CC(C)(Br)C(=O)Oc1ccc2c(c1)Oc1cc(C)ccc1C21OC(=O)c2ccccc21)CC(C)(CC(C)(C)C(=O)COC(C)(COC(=O)C(C)(C)CC(C)(CC(C)(CC(C)(Br)C(=O)Oc1ccc2c(c1)Oc1cc(O)ccc1C21OC(=O)c2ccccc21)C(=O)OCC#C)C(=O)OCCOP(=O)(O)OCC[N+](C)(C)C)C(=O)OCCN1C(=O)C=CC1=O)C(=O)OCCOP(=O)(O)OCC[N+](C)(C)C. The Bertz CT molecular complexity index is 6000. The van der Waals surface area contributed by atoms with E-state index >= 15 is 24.0 Å². The average molecular weight is 2190 g/mol. The highest BCUT2D eigenvalue weighted by atomic mass is 79.9. The van der Waals surface area contributed by atoms with Gasteiger partial charge in [0.15, 0.2) is 35.8 Å². The molecule has 784 valence electrons. The number of terminal acetylenes is 2. The number of halogens is 2. The van der Waals surface area contributed by atoms with Gasteiger partial charge in [0.1, 0.15) is 108 Å². The standard InChI is InChI=1S/C104H119Br2N3O35P2/c1-21-44-128-89(119)98(10,62-100(12,105)91(121)139-67-33-37-75-79(55-67)141-77-53-65(3)31-35-73(77)103(75)71-29-25-23-27-69(71)84(114)143-103)60-96(8,87(117)131-49-51-137-145(124,125)135-47-42-108(15,16)17)58-94(4,5)81(111)57-134-102(14,93(123)130-46-41-107-82(112)39-40-83(107)113)64-133-86(116)95(6,7)59-97(9,88(118)132-50-52-138-146(126,127)136-48-43-109(18,19)20)61-99(11,90(120)129-45-22-2)63-101(13,106)92(122)140-68-34-38-76-80(56-68)142-78-54-66(110)32-36-74(78)104(76)72-30-26-24-28-70(72)85(115)144-104/h1-2,23-40,53-56H,41-52,57-64H2,3-20H3,(H-2,110,124,125,126,127)/p+2. The Morgan fingerprint density at radius 1 is 0.432 bits per heavy atom. The van der Waals surface area contributed by atoms with Gasteiger partial charge in [-0.2, -0.15) is 0 Å². The Morgan fingerprint density at radius 2 is 0.808 bits per heavy atom. The van der Waals surface area contributed by atoms with Crippen molar-refractivity contribution in [3.05, 3.63) is 184 Å². The summed E-state index contributed by atoms with van der Waals surface area (Å²) in [6.07, 6.45) is 9.29. The number of phosphoric acid groups is 2. The maximum Gasteiger partial charge on any atom is 0.472 e. The molecule has 0 aliphatic carbocycles. The van der Waals surface area contributed by atoms with E-state index in [1.165, 1.54) is 112 Å². The highest BCUT2D eigenvalue weighted by Gasteiger charge is 2.60. The molecule has 3 N–H and O–H groups in total. The fraction of sp³-hybridized carbons (Fsp3) is 0.471. The molecular weight excluding hydrogens is 2070 g/mol. The quantitative estimate of drug-likeness (QED) is 0.00367. The number of ether oxygens (including phenoxy) is 13. The van der Waals surface area contributed by atoms with Crippen LogP contribution in [-0.4, -0.2) is 255 Å². The number of esters is 10. The Morgan fingerprint density at radius 3 is 1.24 bits per heavy atom. The van der Waals surface area contributed by atoms with E-state index < -0.39 is 255 Å². The molecule has 5 aliphatic heterocycles. The van der Waals surface area contributed by atoms with Crippen LogP contribution in [0, 0.1) is 64.1 Å². The number of amides is 2. The number of aryl methyl sites for hydroxylation is 1. The summed E-state index contributed by atoms with van der Waals surface area (Å²) in [4.78, 5) is 211. The summed E-state index contributed by atoms with van der Waals surface area (Å²) in [6.45, 7) is 8.39. The summed E-state index contributed by atoms with van der Waals surface area (Å²) in [6, 6.07) is 31.9. The van der Waals surface area contributed by atoms with Crippen LogP contribution in [0.5, 0.6) is 40.2 Å². The van der Waals surface area contributed by atoms with Crippen LogP contribution in [0.1, 0.15) is 174 Å². The smallest absolute Gasteiger partial charge is 0.472 e. The number of hydrogen-bond acceptors (Lipinski definition) is 33. The molecule has 11 atom stereocenters. The minimum atomic E-state index is -4.81. The number of nitrogens with zero attached hydrogens (tertiary/aromatic N) is 3. The zero-order chi connectivity index (χ0) is 108. The molecule has 2 amide bonds. The number of rotatable bonds is 49. The normalized spacial score (nSPS) is 19.2. The molecule has 2 spiro atoms. The van der Waals surface area contributed by atoms with Crippen molar-refractivity contribution in [1.82, 2.24) is 4.90 Å². The zero-order valence-electron chi connectivity index (χ0n) is 84.4. The van der Waals surface area contributed by atoms with E-state index in [0.29, 0.717) is 53.7 Å². The second-order valence-electron chi connectivity index (χ2n) is 41.6. The number of benzene rings is 6. The van der Waals surface area contributed by atoms with E-state index in [4.69, 9.17) is 92.5 Å². The molecule has 146 heavy (non-hydrogen) atoms. The Labute approximate surface area is 862 Å². The average Bonchev–Trinajstić information content (AvgIpc) is 1.54. The molecule has 0 bridgehead atoms. The van der Waals surface area contributed by atoms with Gasteiger partial charge in [0, 0.05) is 69.1 Å². The fourth-order valence-electron chi connectivity index (χ4n) is 18.7. The number of phenols is 1. The number of ketones is 1. The molecule has 5 heterocycles. The van der Waals surface area contributed by atoms with Gasteiger partial charge in [0.25, 0.3) is 11.8 Å². The monoisotopic (exact) mass is 2190 g/mol. The molecular formula is C104H121Br2N3O35P2+2. The molecule has 0 fully saturated rings. The molecule has 6 aromatic rings. The first-order chi connectivity index (χ1) is 67.8. The summed E-state index contributed by atoms with van der Waals surface area (Å²) in [5.74, 6) is -8.30. The second-order valence-corrected chi connectivity index (χ2v) is 48.0. The number of likely N-dealkylation sites (N-methyl/N-ethyl adjacent to an activating group) is 2. The number of hydrogen-bond donors (Lipinski definition) is 3. The third-order valence-corrected chi connectivity index (χ3v) is 28.6. The lowest BCUT2D eigenvalue weighted by Crippen LogP contribution is -2.50. The van der Waals surface area contributed by atoms with E-state index in [2.05, 4.69) is 43.7 Å². The van der Waals surface area contributed by atoms with Crippen molar-refractivity contribution in [3.63, 3.8) is 0 Å². The van der Waals surface area contributed by atoms with Crippen LogP contribution in [-0.2, 0) is 134 Å². The zero-order valence-corrected chi connectivity index (χ0v) is 89.4. The third-order valence-electron chi connectivity index (χ3n) is 25.4. The number of aromatic hydroxyl groups is 1. The highest BCUT2D eigenvalue weighted by molar-refractivity contribution is 9.10. The van der Waals surface area contributed by atoms with Gasteiger partial charge < -0.3 is 85.4 Å². The first-order valence-electron chi connectivity index (χ1n) is 46.4. The number of carbonyl (C=O) groups excluding carboxylic acids is 13. The summed E-state index contributed by atoms with van der Waals surface area (Å²) < 4.78 is 122. The van der Waals surface area contributed by atoms with Crippen molar-refractivity contribution in [2.75, 3.05) is 135 Å². The minimum absolute atomic E-state index is 0.0351. The van der Waals surface area contributed by atoms with Crippen LogP contribution >= 0.6 is 47.5 Å². The number of phenolic OH excluding ortho intramolecular Hbond substituents is 1. The van der Waals surface area contributed by atoms with Crippen LogP contribution in [0.2, 0.25) is 0 Å². The first-order valence-corrected chi connectivity index (χ1v) is 51.0. The van der Waals surface area contributed by atoms with Crippen molar-refractivity contribution < 1.29 is 175 Å². The molecule has 0 saturated heterocycles. The molecule has 0 saturated carbocycles. The van der Waals surface area contributed by atoms with Crippen molar-refractivity contribution >= 4 is 125 Å². The van der Waals surface area contributed by atoms with E-state index in [1.807, 2.05) is 55.3 Å². The number of fused-ring (bicyclic) bond motifs is 12. The van der Waals surface area contributed by atoms with E-state index in [9.17, 15) is 62.4 Å². The van der Waals surface area contributed by atoms with E-state index in [-0.39, 0.29) is 66.4 Å². The van der Waals surface area contributed by atoms with Gasteiger partial charge in [-0.05, 0) is 168 Å².